The van der Waals surface area contributed by atoms with E-state index < -0.39 is 0 Å². The Morgan fingerprint density at radius 1 is 0.352 bits per heavy atom. The van der Waals surface area contributed by atoms with Crippen molar-refractivity contribution in [1.82, 2.24) is 0 Å². The van der Waals surface area contributed by atoms with E-state index >= 15 is 0 Å². The van der Waals surface area contributed by atoms with Crippen molar-refractivity contribution in [2.45, 2.75) is 220 Å². The maximum absolute atomic E-state index is 6.14. The van der Waals surface area contributed by atoms with Crippen molar-refractivity contribution >= 4 is 0 Å². The Labute approximate surface area is 342 Å². The summed E-state index contributed by atoms with van der Waals surface area (Å²) < 4.78 is 2.42. The van der Waals surface area contributed by atoms with E-state index in [1.54, 1.807) is 0 Å². The van der Waals surface area contributed by atoms with E-state index in [2.05, 4.69) is 66.1 Å². The van der Waals surface area contributed by atoms with Crippen molar-refractivity contribution in [3.63, 3.8) is 0 Å². The molecular weight excluding hydrogens is 657 g/mol. The van der Waals surface area contributed by atoms with Crippen molar-refractivity contribution in [3.8, 4) is 0 Å². The van der Waals surface area contributed by atoms with Crippen LogP contribution in [0.1, 0.15) is 220 Å². The van der Waals surface area contributed by atoms with E-state index in [-0.39, 0.29) is 0 Å². The summed E-state index contributed by atoms with van der Waals surface area (Å²) in [5, 5.41) is 0. The summed E-state index contributed by atoms with van der Waals surface area (Å²) in [5.41, 5.74) is 12.3. The molecule has 0 rings (SSSR count). The fourth-order valence-corrected chi connectivity index (χ4v) is 8.71. The third-order valence-corrected chi connectivity index (χ3v) is 12.4. The lowest BCUT2D eigenvalue weighted by Gasteiger charge is -2.39. The molecule has 0 saturated carbocycles. The van der Waals surface area contributed by atoms with Crippen LogP contribution in [0.4, 0.5) is 0 Å². The highest BCUT2D eigenvalue weighted by Crippen LogP contribution is 2.19. The number of allylic oxidation sites excluding steroid dienone is 4. The fraction of sp³-hybridized carbons (Fsp3) is 0.920. The van der Waals surface area contributed by atoms with Crippen molar-refractivity contribution in [2.24, 2.45) is 23.3 Å². The largest absolute Gasteiger partial charge is 0.330 e. The molecule has 0 saturated heterocycles. The summed E-state index contributed by atoms with van der Waals surface area (Å²) in [5.74, 6) is 1.20. The summed E-state index contributed by atoms with van der Waals surface area (Å²) in [6.07, 6.45) is 51.1. The number of rotatable bonds is 43. The van der Waals surface area contributed by atoms with Gasteiger partial charge in [-0.05, 0) is 77.0 Å². The van der Waals surface area contributed by atoms with Gasteiger partial charge in [-0.25, -0.2) is 0 Å². The molecular formula is C50H104N4+2. The van der Waals surface area contributed by atoms with Gasteiger partial charge in [-0.1, -0.05) is 155 Å². The average Bonchev–Trinajstić information content (AvgIpc) is 3.16. The first-order valence-corrected chi connectivity index (χ1v) is 24.6. The van der Waals surface area contributed by atoms with Gasteiger partial charge in [0.05, 0.1) is 53.4 Å². The Bertz CT molecular complexity index is 744. The van der Waals surface area contributed by atoms with Crippen LogP contribution < -0.4 is 11.5 Å². The molecule has 0 aliphatic carbocycles. The van der Waals surface area contributed by atoms with Gasteiger partial charge in [0, 0.05) is 37.8 Å². The van der Waals surface area contributed by atoms with Gasteiger partial charge in [0.1, 0.15) is 0 Å². The third kappa shape index (κ3) is 35.7. The second-order valence-electron chi connectivity index (χ2n) is 18.8. The molecule has 0 bridgehead atoms. The molecule has 0 fully saturated rings. The van der Waals surface area contributed by atoms with Gasteiger partial charge in [-0.15, -0.1) is 0 Å². The molecule has 322 valence electrons. The molecule has 4 unspecified atom stereocenters. The summed E-state index contributed by atoms with van der Waals surface area (Å²) in [7, 11) is 5.06. The van der Waals surface area contributed by atoms with E-state index in [1.165, 1.54) is 241 Å². The Kier molecular flexibility index (Phi) is 38.7. The van der Waals surface area contributed by atoms with Crippen LogP contribution in [0, 0.1) is 11.8 Å². The van der Waals surface area contributed by atoms with Gasteiger partial charge >= 0.3 is 0 Å². The summed E-state index contributed by atoms with van der Waals surface area (Å²) >= 11 is 0. The molecule has 0 aliphatic heterocycles. The molecule has 0 aromatic carbocycles. The van der Waals surface area contributed by atoms with E-state index in [0.29, 0.717) is 11.8 Å². The predicted octanol–water partition coefficient (Wildman–Crippen LogP) is 13.9. The maximum Gasteiger partial charge on any atom is 0.0822 e. The third-order valence-electron chi connectivity index (χ3n) is 12.4. The van der Waals surface area contributed by atoms with Crippen LogP contribution >= 0.6 is 0 Å². The minimum Gasteiger partial charge on any atom is -0.330 e. The first-order chi connectivity index (χ1) is 26.2. The molecule has 0 spiro atoms. The van der Waals surface area contributed by atoms with E-state index in [0.717, 1.165) is 13.1 Å². The molecule has 0 heterocycles. The molecule has 0 radical (unpaired) electrons. The number of quaternary nitrogens is 2. The first-order valence-electron chi connectivity index (χ1n) is 24.6. The zero-order valence-electron chi connectivity index (χ0n) is 38.4. The molecule has 0 aromatic heterocycles. The van der Waals surface area contributed by atoms with Gasteiger partial charge in [0.2, 0.25) is 0 Å². The Hall–Kier alpha value is -0.680. The molecule has 4 heteroatoms. The molecule has 0 amide bonds. The normalized spacial score (nSPS) is 15.6. The second kappa shape index (κ2) is 39.2. The standard InChI is InChI=1S/C50H104N4/c1-7-9-11-13-15-17-19-21-23-25-27-29-31-33-35-37-41-53(5,47-49(3)45-51)43-39-40-44-54(6,48-50(4)46-52)42-38-36-34-32-30-28-26-24-22-20-18-16-14-12-10-8-2/h21-24,49-50H,7-20,25-48,51-52H2,1-6H3/q+2/b23-21+,24-22+. The molecule has 4 nitrogen and oxygen atoms in total. The summed E-state index contributed by atoms with van der Waals surface area (Å²) in [4.78, 5) is 0. The summed E-state index contributed by atoms with van der Waals surface area (Å²) in [6.45, 7) is 18.6. The van der Waals surface area contributed by atoms with Crippen LogP contribution in [0.25, 0.3) is 0 Å². The fourth-order valence-electron chi connectivity index (χ4n) is 8.71. The topological polar surface area (TPSA) is 52.0 Å². The van der Waals surface area contributed by atoms with Crippen LogP contribution in [-0.2, 0) is 0 Å². The van der Waals surface area contributed by atoms with Crippen LogP contribution in [-0.4, -0.2) is 75.4 Å². The van der Waals surface area contributed by atoms with Gasteiger partial charge in [-0.3, -0.25) is 0 Å². The van der Waals surface area contributed by atoms with Crippen LogP contribution in [0.3, 0.4) is 0 Å². The number of nitrogens with zero attached hydrogens (tertiary/aromatic N) is 2. The number of nitrogens with two attached hydrogens (primary N) is 2. The van der Waals surface area contributed by atoms with E-state index in [1.807, 2.05) is 0 Å². The van der Waals surface area contributed by atoms with Crippen LogP contribution in [0.15, 0.2) is 24.3 Å². The van der Waals surface area contributed by atoms with Crippen LogP contribution in [0.5, 0.6) is 0 Å². The Morgan fingerprint density at radius 2 is 0.574 bits per heavy atom. The molecule has 4 N–H and O–H groups in total. The zero-order valence-corrected chi connectivity index (χ0v) is 38.4. The SMILES string of the molecule is CCCCCCCC/C=C/CCCCCCCC[N+](C)(CCCC[N+](C)(CCCCCCCC/C=C/CCCCCCCC)CC(C)CN)CC(C)CN. The average molecular weight is 761 g/mol. The minimum absolute atomic E-state index is 0.599. The van der Waals surface area contributed by atoms with Gasteiger partial charge in [-0.2, -0.15) is 0 Å². The number of unbranched alkanes of at least 4 members (excludes halogenated alkanes) is 25. The Balaban J connectivity index is 4.33. The maximum atomic E-state index is 6.14. The lowest BCUT2D eigenvalue weighted by atomic mass is 10.1. The highest BCUT2D eigenvalue weighted by molar-refractivity contribution is 4.82. The van der Waals surface area contributed by atoms with Crippen molar-refractivity contribution in [2.75, 3.05) is 66.5 Å². The van der Waals surface area contributed by atoms with Crippen molar-refractivity contribution < 1.29 is 8.97 Å². The predicted molar refractivity (Wildman–Crippen MR) is 246 cm³/mol. The van der Waals surface area contributed by atoms with Gasteiger partial charge < -0.3 is 20.4 Å². The second-order valence-corrected chi connectivity index (χ2v) is 18.8. The smallest absolute Gasteiger partial charge is 0.0822 e. The lowest BCUT2D eigenvalue weighted by Crippen LogP contribution is -2.51. The zero-order chi connectivity index (χ0) is 39.9. The van der Waals surface area contributed by atoms with E-state index in [9.17, 15) is 0 Å². The number of hydrogen-bond acceptors (Lipinski definition) is 2. The molecule has 4 atom stereocenters. The highest BCUT2D eigenvalue weighted by atomic mass is 15.3. The van der Waals surface area contributed by atoms with Crippen LogP contribution in [0.2, 0.25) is 0 Å². The lowest BCUT2D eigenvalue weighted by molar-refractivity contribution is -0.918. The summed E-state index contributed by atoms with van der Waals surface area (Å²) in [6, 6.07) is 0. The van der Waals surface area contributed by atoms with Gasteiger partial charge in [0.25, 0.3) is 0 Å². The quantitative estimate of drug-likeness (QED) is 0.0369. The van der Waals surface area contributed by atoms with Crippen molar-refractivity contribution in [3.05, 3.63) is 24.3 Å². The Morgan fingerprint density at radius 3 is 0.833 bits per heavy atom. The molecule has 54 heavy (non-hydrogen) atoms. The van der Waals surface area contributed by atoms with E-state index in [4.69, 9.17) is 11.5 Å². The molecule has 0 aromatic rings. The number of hydrogen-bond donors (Lipinski definition) is 2. The minimum atomic E-state index is 0.599. The monoisotopic (exact) mass is 761 g/mol. The van der Waals surface area contributed by atoms with Crippen molar-refractivity contribution in [1.29, 1.82) is 0 Å². The first kappa shape index (κ1) is 53.3. The molecule has 0 aliphatic rings. The highest BCUT2D eigenvalue weighted by Gasteiger charge is 2.26. The van der Waals surface area contributed by atoms with Gasteiger partial charge in [0.15, 0.2) is 0 Å².